The Morgan fingerprint density at radius 3 is 2.25 bits per heavy atom. The molecular weight excluding hydrogens is 252 g/mol. The molecular formula is C15H20N4O. The number of rotatable bonds is 2. The number of nitriles is 1. The normalized spacial score (nSPS) is 37.9. The van der Waals surface area contributed by atoms with E-state index in [9.17, 15) is 5.26 Å². The van der Waals surface area contributed by atoms with Crippen LogP contribution in [0, 0.1) is 35.0 Å². The smallest absolute Gasteiger partial charge is 0.252 e. The van der Waals surface area contributed by atoms with Crippen LogP contribution in [-0.4, -0.2) is 16.9 Å². The molecule has 4 saturated carbocycles. The van der Waals surface area contributed by atoms with Gasteiger partial charge in [0.05, 0.1) is 13.2 Å². The second-order valence-electron chi connectivity index (χ2n) is 6.75. The summed E-state index contributed by atoms with van der Waals surface area (Å²) in [5.74, 6) is 4.07. The molecule has 20 heavy (non-hydrogen) atoms. The van der Waals surface area contributed by atoms with E-state index in [1.807, 2.05) is 4.68 Å². The number of nitrogens with zero attached hydrogens (tertiary/aromatic N) is 3. The van der Waals surface area contributed by atoms with Crippen molar-refractivity contribution in [2.75, 3.05) is 12.8 Å². The quantitative estimate of drug-likeness (QED) is 0.896. The van der Waals surface area contributed by atoms with Gasteiger partial charge >= 0.3 is 0 Å². The fourth-order valence-corrected chi connectivity index (χ4v) is 5.20. The van der Waals surface area contributed by atoms with E-state index in [4.69, 9.17) is 10.5 Å². The lowest BCUT2D eigenvalue weighted by Gasteiger charge is -2.54. The molecule has 0 atom stereocenters. The summed E-state index contributed by atoms with van der Waals surface area (Å²) in [4.78, 5) is 0. The predicted octanol–water partition coefficient (Wildman–Crippen LogP) is 2.34. The maximum atomic E-state index is 9.23. The lowest BCUT2D eigenvalue weighted by atomic mass is 9.54. The first-order valence-corrected chi connectivity index (χ1v) is 7.53. The van der Waals surface area contributed by atoms with Gasteiger partial charge in [0.1, 0.15) is 11.9 Å². The first-order valence-electron chi connectivity index (χ1n) is 7.53. The Labute approximate surface area is 118 Å². The number of methoxy groups -OCH3 is 1. The third-order valence-corrected chi connectivity index (χ3v) is 5.68. The fourth-order valence-electron chi connectivity index (χ4n) is 5.20. The van der Waals surface area contributed by atoms with Gasteiger partial charge in [-0.3, -0.25) is 0 Å². The van der Waals surface area contributed by atoms with Gasteiger partial charge < -0.3 is 10.5 Å². The molecule has 0 aromatic carbocycles. The Hall–Kier alpha value is -1.70. The minimum atomic E-state index is 0.374. The van der Waals surface area contributed by atoms with E-state index in [1.54, 1.807) is 7.11 Å². The molecule has 4 aliphatic rings. The van der Waals surface area contributed by atoms with Gasteiger partial charge in [0.2, 0.25) is 0 Å². The number of nitrogen functional groups attached to an aromatic ring is 1. The highest BCUT2D eigenvalue weighted by atomic mass is 16.5. The van der Waals surface area contributed by atoms with Crippen molar-refractivity contribution in [1.82, 2.24) is 9.78 Å². The molecule has 4 aliphatic carbocycles. The number of anilines is 1. The van der Waals surface area contributed by atoms with Crippen molar-refractivity contribution in [1.29, 1.82) is 5.26 Å². The van der Waals surface area contributed by atoms with E-state index in [2.05, 4.69) is 11.2 Å². The van der Waals surface area contributed by atoms with Crippen LogP contribution < -0.4 is 10.5 Å². The standard InChI is InChI=1S/C15H20N4O/c1-20-15-12(7-16)14(17)19(18-15)13-10-3-8-2-9(5-10)6-11(13)4-8/h8-11,13H,2-6,17H2,1H3. The van der Waals surface area contributed by atoms with Crippen LogP contribution in [-0.2, 0) is 0 Å². The number of nitrogens with two attached hydrogens (primary N) is 1. The van der Waals surface area contributed by atoms with Crippen LogP contribution in [0.1, 0.15) is 43.7 Å². The molecule has 5 rings (SSSR count). The van der Waals surface area contributed by atoms with Crippen molar-refractivity contribution >= 4 is 5.82 Å². The van der Waals surface area contributed by atoms with Gasteiger partial charge in [-0.2, -0.15) is 5.26 Å². The average molecular weight is 272 g/mol. The summed E-state index contributed by atoms with van der Waals surface area (Å²) in [6.07, 6.45) is 6.66. The molecule has 0 spiro atoms. The van der Waals surface area contributed by atoms with Crippen LogP contribution in [0.2, 0.25) is 0 Å². The van der Waals surface area contributed by atoms with E-state index in [1.165, 1.54) is 32.1 Å². The van der Waals surface area contributed by atoms with Crippen LogP contribution in [0.25, 0.3) is 0 Å². The number of aromatic nitrogens is 2. The predicted molar refractivity (Wildman–Crippen MR) is 74.0 cm³/mol. The van der Waals surface area contributed by atoms with Crippen LogP contribution >= 0.6 is 0 Å². The Bertz CT molecular complexity index is 557. The highest BCUT2D eigenvalue weighted by molar-refractivity contribution is 5.55. The second-order valence-corrected chi connectivity index (χ2v) is 6.75. The summed E-state index contributed by atoms with van der Waals surface area (Å²) in [6.45, 7) is 0. The monoisotopic (exact) mass is 272 g/mol. The highest BCUT2D eigenvalue weighted by Crippen LogP contribution is 2.58. The molecule has 2 N–H and O–H groups in total. The Morgan fingerprint density at radius 1 is 1.20 bits per heavy atom. The van der Waals surface area contributed by atoms with E-state index in [-0.39, 0.29) is 0 Å². The molecule has 5 heteroatoms. The average Bonchev–Trinajstić information content (AvgIpc) is 2.74. The van der Waals surface area contributed by atoms with Crippen LogP contribution in [0.3, 0.4) is 0 Å². The molecule has 0 radical (unpaired) electrons. The summed E-state index contributed by atoms with van der Waals surface area (Å²) in [5.41, 5.74) is 6.56. The summed E-state index contributed by atoms with van der Waals surface area (Å²) in [6, 6.07) is 2.50. The molecule has 4 fully saturated rings. The number of ether oxygens (including phenoxy) is 1. The Balaban J connectivity index is 1.75. The molecule has 106 valence electrons. The van der Waals surface area contributed by atoms with E-state index in [0.29, 0.717) is 35.1 Å². The van der Waals surface area contributed by atoms with Crippen molar-refractivity contribution in [3.63, 3.8) is 0 Å². The highest BCUT2D eigenvalue weighted by Gasteiger charge is 2.50. The second kappa shape index (κ2) is 4.15. The summed E-state index contributed by atoms with van der Waals surface area (Å²) in [5, 5.41) is 13.7. The zero-order chi connectivity index (χ0) is 13.9. The van der Waals surface area contributed by atoms with Crippen molar-refractivity contribution in [2.45, 2.75) is 38.1 Å². The topological polar surface area (TPSA) is 76.9 Å². The third kappa shape index (κ3) is 1.51. The molecule has 5 nitrogen and oxygen atoms in total. The Kier molecular flexibility index (Phi) is 2.50. The first-order chi connectivity index (χ1) is 9.71. The van der Waals surface area contributed by atoms with Crippen molar-refractivity contribution < 1.29 is 4.74 Å². The molecule has 1 aromatic heterocycles. The zero-order valence-electron chi connectivity index (χ0n) is 11.7. The summed E-state index contributed by atoms with van der Waals surface area (Å²) in [7, 11) is 1.55. The summed E-state index contributed by atoms with van der Waals surface area (Å²) >= 11 is 0. The molecule has 0 aliphatic heterocycles. The maximum absolute atomic E-state index is 9.23. The molecule has 1 heterocycles. The first kappa shape index (κ1) is 12.1. The Morgan fingerprint density at radius 2 is 1.80 bits per heavy atom. The minimum Gasteiger partial charge on any atom is -0.479 e. The van der Waals surface area contributed by atoms with Crippen LogP contribution in [0.4, 0.5) is 5.82 Å². The fraction of sp³-hybridized carbons (Fsp3) is 0.733. The minimum absolute atomic E-state index is 0.374. The zero-order valence-corrected chi connectivity index (χ0v) is 11.7. The van der Waals surface area contributed by atoms with E-state index >= 15 is 0 Å². The molecule has 0 saturated heterocycles. The summed E-state index contributed by atoms with van der Waals surface area (Å²) < 4.78 is 7.11. The number of hydrogen-bond donors (Lipinski definition) is 1. The lowest BCUT2D eigenvalue weighted by molar-refractivity contribution is -0.0330. The molecule has 4 bridgehead atoms. The largest absolute Gasteiger partial charge is 0.479 e. The van der Waals surface area contributed by atoms with Crippen molar-refractivity contribution in [2.24, 2.45) is 23.7 Å². The van der Waals surface area contributed by atoms with E-state index in [0.717, 1.165) is 11.8 Å². The van der Waals surface area contributed by atoms with Gasteiger partial charge in [-0.25, -0.2) is 4.68 Å². The SMILES string of the molecule is COc1nn(C2C3CC4CC(C3)CC2C4)c(N)c1C#N. The third-order valence-electron chi connectivity index (χ3n) is 5.68. The molecule has 1 aromatic rings. The molecule has 0 amide bonds. The number of hydrogen-bond acceptors (Lipinski definition) is 4. The van der Waals surface area contributed by atoms with Gasteiger partial charge in [-0.1, -0.05) is 0 Å². The molecule has 0 unspecified atom stereocenters. The van der Waals surface area contributed by atoms with E-state index < -0.39 is 0 Å². The van der Waals surface area contributed by atoms with Gasteiger partial charge in [-0.05, 0) is 55.8 Å². The van der Waals surface area contributed by atoms with Crippen molar-refractivity contribution in [3.8, 4) is 11.9 Å². The van der Waals surface area contributed by atoms with Gasteiger partial charge in [0.25, 0.3) is 5.88 Å². The van der Waals surface area contributed by atoms with Gasteiger partial charge in [0, 0.05) is 0 Å². The van der Waals surface area contributed by atoms with Crippen molar-refractivity contribution in [3.05, 3.63) is 5.56 Å². The van der Waals surface area contributed by atoms with Gasteiger partial charge in [0.15, 0.2) is 5.56 Å². The lowest BCUT2D eigenvalue weighted by Crippen LogP contribution is -2.46. The van der Waals surface area contributed by atoms with Crippen LogP contribution in [0.5, 0.6) is 5.88 Å². The van der Waals surface area contributed by atoms with Gasteiger partial charge in [-0.15, -0.1) is 5.10 Å². The van der Waals surface area contributed by atoms with Crippen LogP contribution in [0.15, 0.2) is 0 Å². The maximum Gasteiger partial charge on any atom is 0.252 e.